The van der Waals surface area contributed by atoms with Gasteiger partial charge in [0.15, 0.2) is 0 Å². The molecule has 0 heterocycles. The summed E-state index contributed by atoms with van der Waals surface area (Å²) in [6, 6.07) is 0. The van der Waals surface area contributed by atoms with Gasteiger partial charge in [-0.15, -0.1) is 24.8 Å². The van der Waals surface area contributed by atoms with Crippen LogP contribution in [-0.4, -0.2) is 16.6 Å². The summed E-state index contributed by atoms with van der Waals surface area (Å²) in [5, 5.41) is 0. The van der Waals surface area contributed by atoms with Crippen LogP contribution in [0.4, 0.5) is 0 Å². The minimum absolute atomic E-state index is 0. The fraction of sp³-hybridized carbons (Fsp3) is 0.500. The predicted molar refractivity (Wildman–Crippen MR) is 105 cm³/mol. The molecule has 0 aromatic rings. The Morgan fingerprint density at radius 2 is 1.09 bits per heavy atom. The van der Waals surface area contributed by atoms with Crippen molar-refractivity contribution < 1.29 is 32.1 Å². The van der Waals surface area contributed by atoms with E-state index in [0.29, 0.717) is 0 Å². The molecule has 0 aromatic heterocycles. The first-order valence-corrected chi connectivity index (χ1v) is 16.9. The summed E-state index contributed by atoms with van der Waals surface area (Å²) in [7, 11) is -3.03. The molecule has 0 aromatic carbocycles. The molecule has 0 saturated carbocycles. The summed E-state index contributed by atoms with van der Waals surface area (Å²) >= 11 is -0.759. The van der Waals surface area contributed by atoms with Crippen LogP contribution in [0.1, 0.15) is 12.8 Å². The van der Waals surface area contributed by atoms with E-state index < -0.39 is 39.9 Å². The predicted octanol–water partition coefficient (Wildman–Crippen LogP) is 5.96. The van der Waals surface area contributed by atoms with Gasteiger partial charge >= 0.3 is 143 Å². The van der Waals surface area contributed by atoms with Crippen molar-refractivity contribution >= 4 is 41.4 Å². The van der Waals surface area contributed by atoms with Gasteiger partial charge in [-0.05, 0) is 0 Å². The first kappa shape index (κ1) is 23.5. The first-order valence-electron chi connectivity index (χ1n) is 7.58. The largest absolute Gasteiger partial charge is 0.147 e. The molecule has 7 heteroatoms. The van der Waals surface area contributed by atoms with Crippen molar-refractivity contribution in [3.05, 3.63) is 42.4 Å². The number of hydrogen-bond acceptors (Lipinski definition) is 2. The van der Waals surface area contributed by atoms with Gasteiger partial charge in [-0.1, -0.05) is 0 Å². The maximum Gasteiger partial charge on any atom is -0.147 e. The van der Waals surface area contributed by atoms with E-state index in [1.807, 2.05) is 0 Å². The molecule has 130 valence electrons. The van der Waals surface area contributed by atoms with Crippen molar-refractivity contribution in [2.45, 2.75) is 52.1 Å². The Balaban J connectivity index is 0.00000242. The molecule has 2 aliphatic carbocycles. The second kappa shape index (κ2) is 9.24. The third-order valence-corrected chi connectivity index (χ3v) is 8.27. The van der Waals surface area contributed by atoms with E-state index in [9.17, 15) is 0 Å². The Morgan fingerprint density at radius 1 is 0.739 bits per heavy atom. The number of rotatable bonds is 6. The van der Waals surface area contributed by atoms with Crippen molar-refractivity contribution in [1.82, 2.24) is 0 Å². The second-order valence-corrected chi connectivity index (χ2v) is 19.9. The fourth-order valence-electron chi connectivity index (χ4n) is 2.23. The number of hydrogen-bond donors (Lipinski definition) is 0. The molecule has 2 rings (SSSR count). The molecule has 0 radical (unpaired) electrons. The zero-order valence-electron chi connectivity index (χ0n) is 14.9. The van der Waals surface area contributed by atoms with Gasteiger partial charge in [0.05, 0.1) is 0 Å². The van der Waals surface area contributed by atoms with Gasteiger partial charge in [0.1, 0.15) is 0 Å². The molecule has 2 aliphatic rings. The van der Waals surface area contributed by atoms with Crippen LogP contribution >= 0.6 is 24.8 Å². The minimum Gasteiger partial charge on any atom is -0.147 e. The van der Waals surface area contributed by atoms with Crippen LogP contribution in [0.25, 0.3) is 0 Å². The Kier molecular flexibility index (Phi) is 9.42. The standard InChI is InChI=1S/2C8H13OSi.2ClH.Zr/c2*1-10(2,3)9-8-6-4-5-7-8;;;/h2*4,6H,5H2,1-3H3;2*1H;. The first-order chi connectivity index (χ1) is 9.64. The summed E-state index contributed by atoms with van der Waals surface area (Å²) < 4.78 is 15.7. The zero-order chi connectivity index (χ0) is 15.7. The molecule has 23 heavy (non-hydrogen) atoms. The monoisotopic (exact) mass is 468 g/mol. The molecule has 2 nitrogen and oxygen atoms in total. The molecule has 0 saturated heterocycles. The molecule has 0 N–H and O–H groups in total. The second-order valence-electron chi connectivity index (χ2n) is 7.45. The molecule has 0 atom stereocenters. The Hall–Kier alpha value is 0.457. The van der Waals surface area contributed by atoms with Gasteiger partial charge in [-0.2, -0.15) is 0 Å². The summed E-state index contributed by atoms with van der Waals surface area (Å²) in [5.74, 6) is 2.38. The van der Waals surface area contributed by atoms with Crippen LogP contribution in [0, 0.1) is 0 Å². The molecule has 0 aliphatic heterocycles. The van der Waals surface area contributed by atoms with E-state index in [2.05, 4.69) is 63.6 Å². The van der Waals surface area contributed by atoms with Gasteiger partial charge in [-0.3, -0.25) is 0 Å². The molecular formula is C16H28Cl2O2Si2Zr. The third kappa shape index (κ3) is 7.92. The summed E-state index contributed by atoms with van der Waals surface area (Å²) in [6.07, 6.45) is 11.1. The fourth-order valence-corrected chi connectivity index (χ4v) is 7.67. The third-order valence-electron chi connectivity index (χ3n) is 2.91. The number of halogens is 2. The molecule has 0 unspecified atom stereocenters. The van der Waals surface area contributed by atoms with Crippen molar-refractivity contribution in [3.8, 4) is 0 Å². The molecule has 0 amide bonds. The summed E-state index contributed by atoms with van der Waals surface area (Å²) in [6.45, 7) is 13.5. The van der Waals surface area contributed by atoms with E-state index in [1.165, 1.54) is 11.5 Å². The van der Waals surface area contributed by atoms with E-state index in [1.54, 1.807) is 6.56 Å². The van der Waals surface area contributed by atoms with Gasteiger partial charge in [-0.25, -0.2) is 0 Å². The maximum absolute atomic E-state index is 6.26. The minimum atomic E-state index is -1.51. The normalized spacial score (nSPS) is 17.1. The van der Waals surface area contributed by atoms with E-state index in [-0.39, 0.29) is 24.8 Å². The van der Waals surface area contributed by atoms with Crippen molar-refractivity contribution in [2.75, 3.05) is 0 Å². The topological polar surface area (TPSA) is 18.5 Å². The zero-order valence-corrected chi connectivity index (χ0v) is 20.9. The Bertz CT molecular complexity index is 493. The van der Waals surface area contributed by atoms with Crippen LogP contribution in [-0.2, 0) is 32.1 Å². The van der Waals surface area contributed by atoms with Crippen LogP contribution in [0.3, 0.4) is 0 Å². The van der Waals surface area contributed by atoms with Gasteiger partial charge in [0.25, 0.3) is 0 Å². The van der Waals surface area contributed by atoms with Crippen molar-refractivity contribution in [1.29, 1.82) is 0 Å². The molecular weight excluding hydrogens is 442 g/mol. The van der Waals surface area contributed by atoms with Crippen molar-refractivity contribution in [2.24, 2.45) is 0 Å². The van der Waals surface area contributed by atoms with Crippen LogP contribution in [0.2, 0.25) is 39.3 Å². The average molecular weight is 471 g/mol. The summed E-state index contributed by atoms with van der Waals surface area (Å²) in [5.41, 5.74) is 0. The SMILES string of the molecule is C[Si](C)(C)OC1=[C]([Zr][C]2=C(O[Si](C)(C)C)C=CC2)CC=C1.Cl.Cl. The van der Waals surface area contributed by atoms with E-state index in [4.69, 9.17) is 8.85 Å². The van der Waals surface area contributed by atoms with Gasteiger partial charge in [0, 0.05) is 0 Å². The van der Waals surface area contributed by atoms with Gasteiger partial charge < -0.3 is 0 Å². The smallest absolute Gasteiger partial charge is 0.147 e. The molecule has 0 spiro atoms. The quantitative estimate of drug-likeness (QED) is 0.446. The van der Waals surface area contributed by atoms with Crippen molar-refractivity contribution in [3.63, 3.8) is 0 Å². The summed E-state index contributed by atoms with van der Waals surface area (Å²) in [4.78, 5) is 0. The van der Waals surface area contributed by atoms with Crippen LogP contribution < -0.4 is 0 Å². The van der Waals surface area contributed by atoms with E-state index >= 15 is 0 Å². The molecule has 0 bridgehead atoms. The van der Waals surface area contributed by atoms with Crippen LogP contribution in [0.15, 0.2) is 42.4 Å². The van der Waals surface area contributed by atoms with E-state index in [0.717, 1.165) is 12.8 Å². The Morgan fingerprint density at radius 3 is 1.39 bits per heavy atom. The molecule has 0 fully saturated rings. The Labute approximate surface area is 167 Å². The average Bonchev–Trinajstić information content (AvgIpc) is 2.86. The van der Waals surface area contributed by atoms with Crippen LogP contribution in [0.5, 0.6) is 0 Å². The maximum atomic E-state index is 6.26. The van der Waals surface area contributed by atoms with Gasteiger partial charge in [0.2, 0.25) is 0 Å². The number of allylic oxidation sites excluding steroid dienone is 6.